The molecule has 0 saturated carbocycles. The zero-order valence-electron chi connectivity index (χ0n) is 13.3. The summed E-state index contributed by atoms with van der Waals surface area (Å²) in [5, 5.41) is 6.65. The predicted molar refractivity (Wildman–Crippen MR) is 87.4 cm³/mol. The van der Waals surface area contributed by atoms with Crippen LogP contribution in [0.15, 0.2) is 6.20 Å². The third-order valence-electron chi connectivity index (χ3n) is 3.33. The van der Waals surface area contributed by atoms with E-state index in [2.05, 4.69) is 34.4 Å². The van der Waals surface area contributed by atoms with Crippen LogP contribution in [0, 0.1) is 6.92 Å². The van der Waals surface area contributed by atoms with Gasteiger partial charge in [0.15, 0.2) is 0 Å². The number of nitrogens with zero attached hydrogens (tertiary/aromatic N) is 2. The summed E-state index contributed by atoms with van der Waals surface area (Å²) in [6.07, 6.45) is 10.9. The molecular weight excluding hydrogens is 248 g/mol. The maximum Gasteiger partial charge on any atom is 0.224 e. The average Bonchev–Trinajstić information content (AvgIpc) is 2.46. The Morgan fingerprint density at radius 2 is 1.65 bits per heavy atom. The molecule has 0 aliphatic heterocycles. The van der Waals surface area contributed by atoms with E-state index in [4.69, 9.17) is 0 Å². The van der Waals surface area contributed by atoms with E-state index >= 15 is 0 Å². The number of aromatic nitrogens is 2. The standard InChI is InChI=1S/C16H30N4/c1-4-6-7-8-9-10-12-17-15-14(3)13-19-16(20-15)18-11-5-2/h13H,4-12H2,1-3H3,(H2,17,18,19,20). The molecule has 2 N–H and O–H groups in total. The summed E-state index contributed by atoms with van der Waals surface area (Å²) in [5.41, 5.74) is 1.11. The first kappa shape index (κ1) is 16.7. The van der Waals surface area contributed by atoms with Crippen molar-refractivity contribution in [1.82, 2.24) is 9.97 Å². The summed E-state index contributed by atoms with van der Waals surface area (Å²) in [4.78, 5) is 8.82. The Balaban J connectivity index is 2.27. The lowest BCUT2D eigenvalue weighted by Gasteiger charge is -2.10. The minimum absolute atomic E-state index is 0.725. The number of rotatable bonds is 11. The lowest BCUT2D eigenvalue weighted by Crippen LogP contribution is -2.09. The molecule has 4 heteroatoms. The summed E-state index contributed by atoms with van der Waals surface area (Å²) in [6.45, 7) is 8.35. The van der Waals surface area contributed by atoms with Gasteiger partial charge in [-0.2, -0.15) is 4.98 Å². The van der Waals surface area contributed by atoms with Crippen LogP contribution in [-0.2, 0) is 0 Å². The number of hydrogen-bond acceptors (Lipinski definition) is 4. The molecule has 0 unspecified atom stereocenters. The normalized spacial score (nSPS) is 10.6. The quantitative estimate of drug-likeness (QED) is 0.590. The van der Waals surface area contributed by atoms with E-state index in [-0.39, 0.29) is 0 Å². The summed E-state index contributed by atoms with van der Waals surface area (Å²) < 4.78 is 0. The van der Waals surface area contributed by atoms with E-state index in [1.165, 1.54) is 38.5 Å². The molecule has 0 atom stereocenters. The summed E-state index contributed by atoms with van der Waals surface area (Å²) in [6, 6.07) is 0. The number of anilines is 2. The van der Waals surface area contributed by atoms with Crippen molar-refractivity contribution in [3.63, 3.8) is 0 Å². The number of hydrogen-bond donors (Lipinski definition) is 2. The Morgan fingerprint density at radius 1 is 0.900 bits per heavy atom. The van der Waals surface area contributed by atoms with Gasteiger partial charge in [0, 0.05) is 24.8 Å². The lowest BCUT2D eigenvalue weighted by molar-refractivity contribution is 0.616. The van der Waals surface area contributed by atoms with Gasteiger partial charge in [-0.05, 0) is 19.8 Å². The van der Waals surface area contributed by atoms with Gasteiger partial charge >= 0.3 is 0 Å². The number of nitrogens with one attached hydrogen (secondary N) is 2. The van der Waals surface area contributed by atoms with Crippen molar-refractivity contribution in [1.29, 1.82) is 0 Å². The molecule has 0 radical (unpaired) electrons. The molecule has 114 valence electrons. The van der Waals surface area contributed by atoms with Crippen LogP contribution in [0.3, 0.4) is 0 Å². The topological polar surface area (TPSA) is 49.8 Å². The summed E-state index contributed by atoms with van der Waals surface area (Å²) in [7, 11) is 0. The van der Waals surface area contributed by atoms with Crippen LogP contribution < -0.4 is 10.6 Å². The molecule has 0 spiro atoms. The molecule has 0 fully saturated rings. The maximum atomic E-state index is 4.52. The van der Waals surface area contributed by atoms with Crippen molar-refractivity contribution < 1.29 is 0 Å². The molecule has 20 heavy (non-hydrogen) atoms. The number of unbranched alkanes of at least 4 members (excludes halogenated alkanes) is 5. The molecule has 1 heterocycles. The smallest absolute Gasteiger partial charge is 0.224 e. The Labute approximate surface area is 123 Å². The van der Waals surface area contributed by atoms with E-state index in [0.717, 1.165) is 36.8 Å². The summed E-state index contributed by atoms with van der Waals surface area (Å²) in [5.74, 6) is 1.69. The zero-order valence-corrected chi connectivity index (χ0v) is 13.3. The van der Waals surface area contributed by atoms with Crippen LogP contribution in [0.2, 0.25) is 0 Å². The number of aryl methyl sites for hydroxylation is 1. The third-order valence-corrected chi connectivity index (χ3v) is 3.33. The lowest BCUT2D eigenvalue weighted by atomic mass is 10.1. The van der Waals surface area contributed by atoms with E-state index in [9.17, 15) is 0 Å². The first-order valence-electron chi connectivity index (χ1n) is 8.09. The second kappa shape index (κ2) is 10.5. The highest BCUT2D eigenvalue weighted by molar-refractivity contribution is 5.46. The van der Waals surface area contributed by atoms with Gasteiger partial charge in [-0.25, -0.2) is 4.98 Å². The van der Waals surface area contributed by atoms with E-state index in [1.807, 2.05) is 13.1 Å². The fourth-order valence-corrected chi connectivity index (χ4v) is 2.06. The van der Waals surface area contributed by atoms with E-state index in [1.54, 1.807) is 0 Å². The van der Waals surface area contributed by atoms with Crippen LogP contribution in [0.1, 0.15) is 64.4 Å². The van der Waals surface area contributed by atoms with E-state index < -0.39 is 0 Å². The van der Waals surface area contributed by atoms with Crippen LogP contribution in [0.5, 0.6) is 0 Å². The molecule has 0 amide bonds. The molecule has 4 nitrogen and oxygen atoms in total. The van der Waals surface area contributed by atoms with Crippen LogP contribution >= 0.6 is 0 Å². The molecule has 0 aliphatic rings. The monoisotopic (exact) mass is 278 g/mol. The van der Waals surface area contributed by atoms with Crippen LogP contribution in [0.25, 0.3) is 0 Å². The third kappa shape index (κ3) is 6.73. The van der Waals surface area contributed by atoms with E-state index in [0.29, 0.717) is 0 Å². The van der Waals surface area contributed by atoms with Gasteiger partial charge in [0.2, 0.25) is 5.95 Å². The molecular formula is C16H30N4. The van der Waals surface area contributed by atoms with Crippen LogP contribution in [-0.4, -0.2) is 23.1 Å². The van der Waals surface area contributed by atoms with Gasteiger partial charge in [0.1, 0.15) is 5.82 Å². The first-order valence-corrected chi connectivity index (χ1v) is 8.09. The Morgan fingerprint density at radius 3 is 2.40 bits per heavy atom. The van der Waals surface area contributed by atoms with Gasteiger partial charge in [0.25, 0.3) is 0 Å². The average molecular weight is 278 g/mol. The molecule has 0 bridgehead atoms. The predicted octanol–water partition coefficient (Wildman–Crippen LogP) is 4.38. The van der Waals surface area contributed by atoms with Gasteiger partial charge in [-0.15, -0.1) is 0 Å². The molecule has 0 aromatic carbocycles. The molecule has 1 aromatic heterocycles. The SMILES string of the molecule is CCCCCCCCNc1nc(NCCC)ncc1C. The van der Waals surface area contributed by atoms with Gasteiger partial charge in [-0.1, -0.05) is 46.0 Å². The van der Waals surface area contributed by atoms with Crippen molar-refractivity contribution in [2.75, 3.05) is 23.7 Å². The van der Waals surface area contributed by atoms with Crippen molar-refractivity contribution >= 4 is 11.8 Å². The minimum Gasteiger partial charge on any atom is -0.370 e. The van der Waals surface area contributed by atoms with Gasteiger partial charge in [0.05, 0.1) is 0 Å². The Kier molecular flexibility index (Phi) is 8.76. The molecule has 0 saturated heterocycles. The highest BCUT2D eigenvalue weighted by Crippen LogP contribution is 2.13. The molecule has 1 rings (SSSR count). The van der Waals surface area contributed by atoms with Crippen molar-refractivity contribution in [2.24, 2.45) is 0 Å². The molecule has 0 aliphatic carbocycles. The maximum absolute atomic E-state index is 4.52. The van der Waals surface area contributed by atoms with Crippen molar-refractivity contribution in [3.8, 4) is 0 Å². The largest absolute Gasteiger partial charge is 0.370 e. The van der Waals surface area contributed by atoms with Crippen molar-refractivity contribution in [3.05, 3.63) is 11.8 Å². The highest BCUT2D eigenvalue weighted by Gasteiger charge is 2.02. The zero-order chi connectivity index (χ0) is 14.6. The fourth-order valence-electron chi connectivity index (χ4n) is 2.06. The summed E-state index contributed by atoms with van der Waals surface area (Å²) >= 11 is 0. The molecule has 1 aromatic rings. The van der Waals surface area contributed by atoms with Gasteiger partial charge < -0.3 is 10.6 Å². The van der Waals surface area contributed by atoms with Gasteiger partial charge in [-0.3, -0.25) is 0 Å². The van der Waals surface area contributed by atoms with Crippen LogP contribution in [0.4, 0.5) is 11.8 Å². The first-order chi connectivity index (χ1) is 9.77. The second-order valence-electron chi connectivity index (χ2n) is 5.35. The van der Waals surface area contributed by atoms with Crippen molar-refractivity contribution in [2.45, 2.75) is 65.7 Å². The fraction of sp³-hybridized carbons (Fsp3) is 0.750. The minimum atomic E-state index is 0.725. The Bertz CT molecular complexity index is 365. The Hall–Kier alpha value is -1.32. The second-order valence-corrected chi connectivity index (χ2v) is 5.35. The highest BCUT2D eigenvalue weighted by atomic mass is 15.1.